The lowest BCUT2D eigenvalue weighted by Gasteiger charge is -2.23. The molecular formula is C16H27NS. The molecule has 1 saturated carbocycles. The summed E-state index contributed by atoms with van der Waals surface area (Å²) in [6.45, 7) is 3.40. The first-order valence-corrected chi connectivity index (χ1v) is 8.60. The van der Waals surface area contributed by atoms with Gasteiger partial charge in [-0.25, -0.2) is 0 Å². The van der Waals surface area contributed by atoms with Gasteiger partial charge < -0.3 is 5.32 Å². The number of hydrogen-bond acceptors (Lipinski definition) is 2. The Hall–Kier alpha value is -0.340. The molecule has 1 nitrogen and oxygen atoms in total. The van der Waals surface area contributed by atoms with E-state index in [1.807, 2.05) is 11.3 Å². The Bertz CT molecular complexity index is 299. The molecule has 1 heterocycles. The second-order valence-electron chi connectivity index (χ2n) is 5.66. The number of hydrogen-bond donors (Lipinski definition) is 1. The molecule has 0 bridgehead atoms. The summed E-state index contributed by atoms with van der Waals surface area (Å²) < 4.78 is 0. The Labute approximate surface area is 116 Å². The van der Waals surface area contributed by atoms with Crippen LogP contribution in [0.5, 0.6) is 0 Å². The minimum absolute atomic E-state index is 0.597. The van der Waals surface area contributed by atoms with Gasteiger partial charge in [-0.1, -0.05) is 45.4 Å². The minimum atomic E-state index is 0.597. The van der Waals surface area contributed by atoms with Crippen LogP contribution in [0.1, 0.15) is 69.9 Å². The van der Waals surface area contributed by atoms with Gasteiger partial charge in [0.2, 0.25) is 0 Å². The molecule has 1 N–H and O–H groups in total. The summed E-state index contributed by atoms with van der Waals surface area (Å²) in [5, 5.41) is 8.28. The predicted octanol–water partition coefficient (Wildman–Crippen LogP) is 5.15. The molecule has 102 valence electrons. The summed E-state index contributed by atoms with van der Waals surface area (Å²) >= 11 is 1.83. The molecule has 18 heavy (non-hydrogen) atoms. The standard InChI is InChI=1S/C16H27NS/c1-2-10-17-16(15-9-11-18-13-15)12-14-7-5-3-4-6-8-14/h9,11,13-14,16-17H,2-8,10,12H2,1H3. The van der Waals surface area contributed by atoms with Crippen LogP contribution in [-0.2, 0) is 0 Å². The molecule has 1 aliphatic carbocycles. The molecule has 0 saturated heterocycles. The van der Waals surface area contributed by atoms with Crippen molar-refractivity contribution in [1.29, 1.82) is 0 Å². The molecule has 1 atom stereocenters. The van der Waals surface area contributed by atoms with Gasteiger partial charge in [-0.05, 0) is 47.7 Å². The van der Waals surface area contributed by atoms with E-state index in [4.69, 9.17) is 0 Å². The predicted molar refractivity (Wildman–Crippen MR) is 81.2 cm³/mol. The summed E-state index contributed by atoms with van der Waals surface area (Å²) in [4.78, 5) is 0. The van der Waals surface area contributed by atoms with Gasteiger partial charge in [-0.2, -0.15) is 11.3 Å². The summed E-state index contributed by atoms with van der Waals surface area (Å²) in [6, 6.07) is 2.90. The SMILES string of the molecule is CCCNC(CC1CCCCCC1)c1ccsc1. The quantitative estimate of drug-likeness (QED) is 0.701. The van der Waals surface area contributed by atoms with Gasteiger partial charge in [0.1, 0.15) is 0 Å². The third-order valence-corrected chi connectivity index (χ3v) is 4.83. The highest BCUT2D eigenvalue weighted by Gasteiger charge is 2.19. The maximum Gasteiger partial charge on any atom is 0.0331 e. The minimum Gasteiger partial charge on any atom is -0.310 e. The van der Waals surface area contributed by atoms with Crippen LogP contribution in [0.2, 0.25) is 0 Å². The van der Waals surface area contributed by atoms with Crippen molar-refractivity contribution in [2.24, 2.45) is 5.92 Å². The molecular weight excluding hydrogens is 238 g/mol. The second kappa shape index (κ2) is 7.96. The molecule has 1 fully saturated rings. The summed E-state index contributed by atoms with van der Waals surface area (Å²) in [6.07, 6.45) is 11.3. The Balaban J connectivity index is 1.91. The average molecular weight is 265 g/mol. The summed E-state index contributed by atoms with van der Waals surface area (Å²) in [5.74, 6) is 0.946. The van der Waals surface area contributed by atoms with E-state index in [9.17, 15) is 0 Å². The van der Waals surface area contributed by atoms with Crippen molar-refractivity contribution in [1.82, 2.24) is 5.32 Å². The van der Waals surface area contributed by atoms with E-state index < -0.39 is 0 Å². The number of thiophene rings is 1. The number of rotatable bonds is 6. The van der Waals surface area contributed by atoms with Crippen LogP contribution < -0.4 is 5.32 Å². The maximum atomic E-state index is 3.75. The van der Waals surface area contributed by atoms with E-state index >= 15 is 0 Å². The zero-order valence-corrected chi connectivity index (χ0v) is 12.5. The van der Waals surface area contributed by atoms with Gasteiger partial charge in [0.05, 0.1) is 0 Å². The van der Waals surface area contributed by atoms with E-state index in [-0.39, 0.29) is 0 Å². The first-order chi connectivity index (χ1) is 8.90. The lowest BCUT2D eigenvalue weighted by Crippen LogP contribution is -2.24. The highest BCUT2D eigenvalue weighted by molar-refractivity contribution is 7.07. The van der Waals surface area contributed by atoms with Crippen LogP contribution in [0.4, 0.5) is 0 Å². The van der Waals surface area contributed by atoms with Crippen LogP contribution in [-0.4, -0.2) is 6.54 Å². The fraction of sp³-hybridized carbons (Fsp3) is 0.750. The molecule has 1 aromatic heterocycles. The van der Waals surface area contributed by atoms with Gasteiger partial charge in [-0.15, -0.1) is 0 Å². The molecule has 0 aliphatic heterocycles. The van der Waals surface area contributed by atoms with E-state index in [2.05, 4.69) is 29.1 Å². The van der Waals surface area contributed by atoms with Crippen molar-refractivity contribution in [2.75, 3.05) is 6.54 Å². The first-order valence-electron chi connectivity index (χ1n) is 7.65. The van der Waals surface area contributed by atoms with Gasteiger partial charge in [-0.3, -0.25) is 0 Å². The molecule has 1 unspecified atom stereocenters. The van der Waals surface area contributed by atoms with E-state index in [1.54, 1.807) is 0 Å². The van der Waals surface area contributed by atoms with E-state index in [0.717, 1.165) is 12.5 Å². The summed E-state index contributed by atoms with van der Waals surface area (Å²) in [5.41, 5.74) is 1.51. The highest BCUT2D eigenvalue weighted by Crippen LogP contribution is 2.31. The van der Waals surface area contributed by atoms with Gasteiger partial charge in [0.15, 0.2) is 0 Å². The summed E-state index contributed by atoms with van der Waals surface area (Å²) in [7, 11) is 0. The maximum absolute atomic E-state index is 3.75. The largest absolute Gasteiger partial charge is 0.310 e. The van der Waals surface area contributed by atoms with Gasteiger partial charge in [0, 0.05) is 6.04 Å². The molecule has 0 aromatic carbocycles. The normalized spacial score (nSPS) is 19.6. The first kappa shape index (κ1) is 14.1. The molecule has 0 spiro atoms. The van der Waals surface area contributed by atoms with Crippen LogP contribution in [0.3, 0.4) is 0 Å². The van der Waals surface area contributed by atoms with E-state index in [0.29, 0.717) is 6.04 Å². The van der Waals surface area contributed by atoms with Crippen LogP contribution in [0.25, 0.3) is 0 Å². The molecule has 0 amide bonds. The molecule has 1 aliphatic rings. The Morgan fingerprint density at radius 2 is 2.06 bits per heavy atom. The van der Waals surface area contributed by atoms with Crippen LogP contribution >= 0.6 is 11.3 Å². The van der Waals surface area contributed by atoms with E-state index in [1.165, 1.54) is 56.9 Å². The smallest absolute Gasteiger partial charge is 0.0331 e. The third-order valence-electron chi connectivity index (χ3n) is 4.13. The van der Waals surface area contributed by atoms with Crippen molar-refractivity contribution in [2.45, 2.75) is 64.3 Å². The highest BCUT2D eigenvalue weighted by atomic mass is 32.1. The van der Waals surface area contributed by atoms with Crippen molar-refractivity contribution < 1.29 is 0 Å². The molecule has 2 heteroatoms. The Kier molecular flexibility index (Phi) is 6.22. The van der Waals surface area contributed by atoms with Crippen molar-refractivity contribution in [3.8, 4) is 0 Å². The average Bonchev–Trinajstić information content (AvgIpc) is 2.80. The Morgan fingerprint density at radius 3 is 2.67 bits per heavy atom. The van der Waals surface area contributed by atoms with Crippen LogP contribution in [0.15, 0.2) is 16.8 Å². The van der Waals surface area contributed by atoms with Crippen LogP contribution in [0, 0.1) is 5.92 Å². The Morgan fingerprint density at radius 1 is 1.28 bits per heavy atom. The second-order valence-corrected chi connectivity index (χ2v) is 6.44. The van der Waals surface area contributed by atoms with Crippen molar-refractivity contribution in [3.63, 3.8) is 0 Å². The lowest BCUT2D eigenvalue weighted by molar-refractivity contribution is 0.356. The zero-order valence-electron chi connectivity index (χ0n) is 11.7. The topological polar surface area (TPSA) is 12.0 Å². The zero-order chi connectivity index (χ0) is 12.6. The van der Waals surface area contributed by atoms with Crippen molar-refractivity contribution >= 4 is 11.3 Å². The van der Waals surface area contributed by atoms with Gasteiger partial charge in [0.25, 0.3) is 0 Å². The number of nitrogens with one attached hydrogen (secondary N) is 1. The van der Waals surface area contributed by atoms with Gasteiger partial charge >= 0.3 is 0 Å². The molecule has 2 rings (SSSR count). The molecule has 1 aromatic rings. The fourth-order valence-corrected chi connectivity index (χ4v) is 3.78. The van der Waals surface area contributed by atoms with Crippen molar-refractivity contribution in [3.05, 3.63) is 22.4 Å². The monoisotopic (exact) mass is 265 g/mol. The molecule has 0 radical (unpaired) electrons. The fourth-order valence-electron chi connectivity index (χ4n) is 3.06. The lowest BCUT2D eigenvalue weighted by atomic mass is 9.90. The third kappa shape index (κ3) is 4.40.